The molecule has 0 heterocycles. The zero-order valence-electron chi connectivity index (χ0n) is 9.66. The number of carboxylic acid groups (broad SMARTS) is 1. The quantitative estimate of drug-likeness (QED) is 0.591. The second-order valence-corrected chi connectivity index (χ2v) is 4.28. The molecule has 4 heteroatoms. The molecule has 0 aromatic carbocycles. The van der Waals surface area contributed by atoms with Crippen molar-refractivity contribution >= 4 is 5.97 Å². The first kappa shape index (κ1) is 10.5. The largest absolute Gasteiger partial charge is 0.480 e. The molecule has 4 nitrogen and oxygen atoms in total. The smallest absolute Gasteiger partial charge is 0.320 e. The van der Waals surface area contributed by atoms with E-state index in [1.807, 2.05) is 21.1 Å². The summed E-state index contributed by atoms with van der Waals surface area (Å²) in [5.74, 6) is -0.984. The maximum atomic E-state index is 10.4. The maximum absolute atomic E-state index is 10.4. The van der Waals surface area contributed by atoms with Gasteiger partial charge in [0.1, 0.15) is 6.04 Å². The third-order valence-electron chi connectivity index (χ3n) is 1.68. The van der Waals surface area contributed by atoms with E-state index in [4.69, 9.17) is 12.2 Å². The van der Waals surface area contributed by atoms with E-state index >= 15 is 0 Å². The van der Waals surface area contributed by atoms with Gasteiger partial charge < -0.3 is 15.3 Å². The van der Waals surface area contributed by atoms with Crippen molar-refractivity contribution < 1.29 is 15.8 Å². The van der Waals surface area contributed by atoms with E-state index in [-0.39, 0.29) is 6.40 Å². The van der Waals surface area contributed by atoms with Gasteiger partial charge in [0.15, 0.2) is 0 Å². The molecule has 0 saturated carbocycles. The Kier molecular flexibility index (Phi) is 4.18. The molecule has 0 aliphatic heterocycles. The van der Waals surface area contributed by atoms with Gasteiger partial charge in [-0.25, -0.2) is 0 Å². The van der Waals surface area contributed by atoms with E-state index in [1.165, 1.54) is 0 Å². The molecule has 0 aliphatic carbocycles. The van der Waals surface area contributed by atoms with E-state index in [1.54, 1.807) is 0 Å². The summed E-state index contributed by atoms with van der Waals surface area (Å²) in [6.45, 7) is 0.715. The lowest BCUT2D eigenvalue weighted by molar-refractivity contribution is -0.870. The molecule has 13 heavy (non-hydrogen) atoms. The minimum Gasteiger partial charge on any atom is -0.480 e. The van der Waals surface area contributed by atoms with Crippen molar-refractivity contribution in [2.24, 2.45) is 5.73 Å². The number of nitrogens with two attached hydrogens (primary N) is 1. The Labute approximate surface area is 81.3 Å². The number of carboxylic acids is 1. The number of nitrogens with zero attached hydrogens (tertiary/aromatic N) is 1. The van der Waals surface area contributed by atoms with Crippen molar-refractivity contribution in [3.05, 3.63) is 0 Å². The SMILES string of the molecule is [2H]C(CC[C@H](N)C(=O)O)C[N+](C)(C)C. The minimum atomic E-state index is -0.984. The van der Waals surface area contributed by atoms with Gasteiger partial charge in [0.25, 0.3) is 0 Å². The first-order chi connectivity index (χ1) is 6.22. The Bertz CT molecular complexity index is 192. The summed E-state index contributed by atoms with van der Waals surface area (Å²) in [4.78, 5) is 10.4. The molecule has 2 atom stereocenters. The Morgan fingerprint density at radius 2 is 2.15 bits per heavy atom. The number of aliphatic carboxylic acids is 1. The number of quaternary nitrogens is 1. The van der Waals surface area contributed by atoms with Gasteiger partial charge in [0.2, 0.25) is 0 Å². The lowest BCUT2D eigenvalue weighted by Crippen LogP contribution is -2.35. The zero-order valence-corrected chi connectivity index (χ0v) is 8.66. The molecular formula is C9H21N2O2+. The Morgan fingerprint density at radius 1 is 1.62 bits per heavy atom. The zero-order chi connectivity index (χ0) is 11.4. The number of hydrogen-bond acceptors (Lipinski definition) is 2. The van der Waals surface area contributed by atoms with Gasteiger partial charge in [-0.15, -0.1) is 0 Å². The summed E-state index contributed by atoms with van der Waals surface area (Å²) in [6, 6.07) is -0.824. The van der Waals surface area contributed by atoms with Crippen LogP contribution >= 0.6 is 0 Å². The van der Waals surface area contributed by atoms with Crippen molar-refractivity contribution in [2.75, 3.05) is 27.7 Å². The molecule has 0 spiro atoms. The molecule has 1 unspecified atom stereocenters. The Hall–Kier alpha value is -0.610. The van der Waals surface area contributed by atoms with E-state index in [2.05, 4.69) is 0 Å². The van der Waals surface area contributed by atoms with Gasteiger partial charge >= 0.3 is 5.97 Å². The number of carbonyl (C=O) groups is 1. The average molecular weight is 190 g/mol. The molecule has 78 valence electrons. The third-order valence-corrected chi connectivity index (χ3v) is 1.68. The molecule has 3 N–H and O–H groups in total. The van der Waals surface area contributed by atoms with Crippen LogP contribution in [0.3, 0.4) is 0 Å². The molecule has 0 fully saturated rings. The van der Waals surface area contributed by atoms with Crippen LogP contribution in [0, 0.1) is 0 Å². The first-order valence-electron chi connectivity index (χ1n) is 5.01. The monoisotopic (exact) mass is 190 g/mol. The minimum absolute atomic E-state index is 0.236. The average Bonchev–Trinajstić information content (AvgIpc) is 1.96. The fraction of sp³-hybridized carbons (Fsp3) is 0.889. The van der Waals surface area contributed by atoms with Crippen molar-refractivity contribution in [1.82, 2.24) is 0 Å². The third kappa shape index (κ3) is 7.74. The van der Waals surface area contributed by atoms with Crippen molar-refractivity contribution in [1.29, 1.82) is 0 Å². The molecule has 0 aromatic rings. The van der Waals surface area contributed by atoms with Gasteiger partial charge in [-0.1, -0.05) is 0 Å². The van der Waals surface area contributed by atoms with Crippen LogP contribution in [-0.2, 0) is 4.79 Å². The predicted octanol–water partition coefficient (Wildman–Crippen LogP) is 0.275. The van der Waals surface area contributed by atoms with Crippen LogP contribution in [0.2, 0.25) is 0 Å². The highest BCUT2D eigenvalue weighted by molar-refractivity contribution is 5.72. The Balaban J connectivity index is 3.74. The second-order valence-electron chi connectivity index (χ2n) is 4.28. The van der Waals surface area contributed by atoms with Crippen LogP contribution in [0.25, 0.3) is 0 Å². The fourth-order valence-electron chi connectivity index (χ4n) is 0.899. The van der Waals surface area contributed by atoms with Crippen LogP contribution in [-0.4, -0.2) is 49.3 Å². The first-order valence-corrected chi connectivity index (χ1v) is 4.43. The van der Waals surface area contributed by atoms with Crippen LogP contribution in [0.4, 0.5) is 0 Å². The molecule has 0 radical (unpaired) electrons. The highest BCUT2D eigenvalue weighted by Gasteiger charge is 2.11. The van der Waals surface area contributed by atoms with Gasteiger partial charge in [0, 0.05) is 1.37 Å². The lowest BCUT2D eigenvalue weighted by Gasteiger charge is -2.23. The summed E-state index contributed by atoms with van der Waals surface area (Å²) < 4.78 is 8.42. The molecular weight excluding hydrogens is 168 g/mol. The molecule has 0 saturated heterocycles. The van der Waals surface area contributed by atoms with Gasteiger partial charge in [0.05, 0.1) is 27.7 Å². The molecule has 0 bridgehead atoms. The summed E-state index contributed by atoms with van der Waals surface area (Å²) in [6.07, 6.45) is 0.687. The molecule has 0 aromatic heterocycles. The van der Waals surface area contributed by atoms with Crippen molar-refractivity contribution in [2.45, 2.75) is 25.3 Å². The van der Waals surface area contributed by atoms with E-state index in [0.29, 0.717) is 19.4 Å². The Morgan fingerprint density at radius 3 is 2.54 bits per heavy atom. The van der Waals surface area contributed by atoms with E-state index in [9.17, 15) is 4.79 Å². The standard InChI is InChI=1S/C9H20N2O2/c1-11(2,3)7-5-4-6-8(10)9(12)13/h8H,4-7,10H2,1-3H3/p+1/t8-/m0/s1/i5D/t5?,8-. The normalized spacial score (nSPS) is 17.7. The van der Waals surface area contributed by atoms with Crippen molar-refractivity contribution in [3.8, 4) is 0 Å². The van der Waals surface area contributed by atoms with Crippen LogP contribution in [0.15, 0.2) is 0 Å². The molecule has 0 aliphatic rings. The molecule has 0 rings (SSSR count). The number of hydrogen-bond donors (Lipinski definition) is 2. The van der Waals surface area contributed by atoms with Crippen molar-refractivity contribution in [3.63, 3.8) is 0 Å². The van der Waals surface area contributed by atoms with E-state index < -0.39 is 12.0 Å². The van der Waals surface area contributed by atoms with Gasteiger partial charge in [-0.2, -0.15) is 0 Å². The summed E-state index contributed by atoms with van der Waals surface area (Å²) in [7, 11) is 6.04. The molecule has 0 amide bonds. The summed E-state index contributed by atoms with van der Waals surface area (Å²) >= 11 is 0. The van der Waals surface area contributed by atoms with Gasteiger partial charge in [-0.3, -0.25) is 4.79 Å². The summed E-state index contributed by atoms with van der Waals surface area (Å²) in [5, 5.41) is 8.54. The topological polar surface area (TPSA) is 63.3 Å². The highest BCUT2D eigenvalue weighted by Crippen LogP contribution is 2.02. The van der Waals surface area contributed by atoms with Crippen LogP contribution < -0.4 is 5.73 Å². The predicted molar refractivity (Wildman–Crippen MR) is 52.4 cm³/mol. The second kappa shape index (κ2) is 5.19. The lowest BCUT2D eigenvalue weighted by atomic mass is 10.1. The van der Waals surface area contributed by atoms with Crippen LogP contribution in [0.1, 0.15) is 20.6 Å². The maximum Gasteiger partial charge on any atom is 0.320 e. The number of rotatable bonds is 6. The van der Waals surface area contributed by atoms with Gasteiger partial charge in [-0.05, 0) is 19.2 Å². The van der Waals surface area contributed by atoms with E-state index in [0.717, 1.165) is 4.48 Å². The summed E-state index contributed by atoms with van der Waals surface area (Å²) in [5.41, 5.74) is 5.34. The highest BCUT2D eigenvalue weighted by atomic mass is 16.4. The van der Waals surface area contributed by atoms with Crippen LogP contribution in [0.5, 0.6) is 0 Å². The fourth-order valence-corrected chi connectivity index (χ4v) is 0.899.